The van der Waals surface area contributed by atoms with Gasteiger partial charge in [0, 0.05) is 63.9 Å². The van der Waals surface area contributed by atoms with Gasteiger partial charge in [0.2, 0.25) is 23.6 Å². The van der Waals surface area contributed by atoms with E-state index in [-0.39, 0.29) is 49.8 Å². The Morgan fingerprint density at radius 2 is 0.825 bits per heavy atom. The second kappa shape index (κ2) is 22.5. The molecule has 0 unspecified atom stereocenters. The average Bonchev–Trinajstić information content (AvgIpc) is 3.16. The number of hydrogen-bond donors (Lipinski definition) is 3. The number of benzene rings is 1. The normalized spacial score (nSPS) is 17.1. The van der Waals surface area contributed by atoms with Crippen molar-refractivity contribution in [3.8, 4) is 0 Å². The zero-order chi connectivity index (χ0) is 46.5. The predicted molar refractivity (Wildman–Crippen MR) is 235 cm³/mol. The minimum atomic E-state index is -0.634. The quantitative estimate of drug-likeness (QED) is 0.243. The van der Waals surface area contributed by atoms with Gasteiger partial charge < -0.3 is 49.8 Å². The number of rotatable bonds is 13. The first-order valence-electron chi connectivity index (χ1n) is 22.3. The van der Waals surface area contributed by atoms with Crippen LogP contribution >= 0.6 is 0 Å². The van der Waals surface area contributed by atoms with Gasteiger partial charge in [-0.3, -0.25) is 24.1 Å². The minimum Gasteiger partial charge on any atom is -0.444 e. The number of likely N-dealkylation sites (tertiary alicyclic amines) is 3. The lowest BCUT2D eigenvalue weighted by atomic mass is 10.1. The van der Waals surface area contributed by atoms with Crippen LogP contribution in [-0.2, 0) is 39.9 Å². The molecule has 3 aliphatic rings. The maximum Gasteiger partial charge on any atom is 0.410 e. The van der Waals surface area contributed by atoms with Crippen LogP contribution in [0, 0.1) is 0 Å². The molecular formula is C45H72N8O10. The van der Waals surface area contributed by atoms with Crippen LogP contribution in [0.1, 0.15) is 106 Å². The van der Waals surface area contributed by atoms with Crippen molar-refractivity contribution >= 4 is 41.9 Å². The van der Waals surface area contributed by atoms with E-state index in [0.717, 1.165) is 5.56 Å². The van der Waals surface area contributed by atoms with Crippen LogP contribution in [0.25, 0.3) is 0 Å². The summed E-state index contributed by atoms with van der Waals surface area (Å²) < 4.78 is 16.5. The van der Waals surface area contributed by atoms with Gasteiger partial charge in [0.1, 0.15) is 29.9 Å². The standard InChI is InChI=1S/C45H72N8O10/c1-43(2,3)61-40(58)50-21-15-33(16-22-50)46-36(54)28-49(27-32-13-11-10-12-14-32)31-39(57)53(29-37(55)47-34-17-23-51(24-18-34)41(59)62-44(4,5)6)30-38(56)48-35-19-25-52(26-20-35)42(60)63-45(7,8)9/h10-14,33-35H,15-31H2,1-9H3,(H,46,54)(H,47,55)(H,48,56). The van der Waals surface area contributed by atoms with Crippen LogP contribution in [0.2, 0.25) is 0 Å². The van der Waals surface area contributed by atoms with Gasteiger partial charge in [-0.2, -0.15) is 0 Å². The summed E-state index contributed by atoms with van der Waals surface area (Å²) >= 11 is 0. The molecule has 18 heteroatoms. The van der Waals surface area contributed by atoms with Crippen LogP contribution < -0.4 is 16.0 Å². The lowest BCUT2D eigenvalue weighted by Crippen LogP contribution is -2.54. The molecule has 1 aromatic rings. The Kier molecular flexibility index (Phi) is 18.0. The largest absolute Gasteiger partial charge is 0.444 e. The van der Waals surface area contributed by atoms with Gasteiger partial charge in [0.25, 0.3) is 0 Å². The van der Waals surface area contributed by atoms with E-state index in [0.29, 0.717) is 77.8 Å². The fourth-order valence-electron chi connectivity index (χ4n) is 7.50. The smallest absolute Gasteiger partial charge is 0.410 e. The molecular weight excluding hydrogens is 813 g/mol. The fourth-order valence-corrected chi connectivity index (χ4v) is 7.50. The lowest BCUT2D eigenvalue weighted by molar-refractivity contribution is -0.141. The van der Waals surface area contributed by atoms with Crippen molar-refractivity contribution in [3.63, 3.8) is 0 Å². The lowest BCUT2D eigenvalue weighted by Gasteiger charge is -2.35. The molecule has 18 nitrogen and oxygen atoms in total. The summed E-state index contributed by atoms with van der Waals surface area (Å²) in [4.78, 5) is 101. The molecule has 0 saturated carbocycles. The Labute approximate surface area is 373 Å². The second-order valence-corrected chi connectivity index (χ2v) is 19.8. The molecule has 4 rings (SSSR count). The molecule has 3 N–H and O–H groups in total. The first-order valence-corrected chi connectivity index (χ1v) is 22.3. The van der Waals surface area contributed by atoms with E-state index < -0.39 is 59.8 Å². The Bertz CT molecular complexity index is 1650. The van der Waals surface area contributed by atoms with Crippen LogP contribution in [0.3, 0.4) is 0 Å². The van der Waals surface area contributed by atoms with Crippen LogP contribution in [0.4, 0.5) is 14.4 Å². The number of carbonyl (C=O) groups is 7. The van der Waals surface area contributed by atoms with Gasteiger partial charge in [0.15, 0.2) is 0 Å². The van der Waals surface area contributed by atoms with Crippen molar-refractivity contribution < 1.29 is 47.8 Å². The molecule has 7 amide bonds. The summed E-state index contributed by atoms with van der Waals surface area (Å²) in [7, 11) is 0. The number of amides is 7. The first-order chi connectivity index (χ1) is 29.4. The number of ether oxygens (including phenoxy) is 3. The molecule has 3 saturated heterocycles. The molecule has 0 aromatic heterocycles. The van der Waals surface area contributed by atoms with Gasteiger partial charge in [-0.25, -0.2) is 14.4 Å². The third-order valence-electron chi connectivity index (χ3n) is 10.5. The second-order valence-electron chi connectivity index (χ2n) is 19.8. The SMILES string of the molecule is CC(C)(C)OC(=O)N1CCC(NC(=O)CN(CC(=O)N(CC(=O)NC2CCN(C(=O)OC(C)(C)C)CC2)CC(=O)NC2CCN(C(=O)OC(C)(C)C)CC2)Cc2ccccc2)CC1. The number of piperidine rings is 3. The van der Waals surface area contributed by atoms with Crippen molar-refractivity contribution in [2.75, 3.05) is 65.4 Å². The van der Waals surface area contributed by atoms with E-state index in [1.807, 2.05) is 51.1 Å². The first kappa shape index (κ1) is 50.5. The molecule has 63 heavy (non-hydrogen) atoms. The van der Waals surface area contributed by atoms with Crippen molar-refractivity contribution in [3.05, 3.63) is 35.9 Å². The molecule has 0 bridgehead atoms. The summed E-state index contributed by atoms with van der Waals surface area (Å²) in [5, 5.41) is 9.04. The van der Waals surface area contributed by atoms with E-state index >= 15 is 0 Å². The summed E-state index contributed by atoms with van der Waals surface area (Å²) in [6.07, 6.45) is 1.82. The highest BCUT2D eigenvalue weighted by atomic mass is 16.6. The van der Waals surface area contributed by atoms with Gasteiger partial charge >= 0.3 is 18.3 Å². The number of hydrogen-bond acceptors (Lipinski definition) is 11. The van der Waals surface area contributed by atoms with Crippen LogP contribution in [-0.4, -0.2) is 167 Å². The molecule has 0 atom stereocenters. The van der Waals surface area contributed by atoms with Crippen LogP contribution in [0.5, 0.6) is 0 Å². The monoisotopic (exact) mass is 885 g/mol. The van der Waals surface area contributed by atoms with Gasteiger partial charge in [0.05, 0.1) is 13.1 Å². The van der Waals surface area contributed by atoms with Gasteiger partial charge in [-0.15, -0.1) is 0 Å². The predicted octanol–water partition coefficient (Wildman–Crippen LogP) is 3.86. The maximum absolute atomic E-state index is 14.3. The number of nitrogens with zero attached hydrogens (tertiary/aromatic N) is 5. The topological polar surface area (TPSA) is 199 Å². The van der Waals surface area contributed by atoms with Gasteiger partial charge in [-0.1, -0.05) is 30.3 Å². The molecule has 0 aliphatic carbocycles. The van der Waals surface area contributed by atoms with E-state index in [9.17, 15) is 33.6 Å². The Balaban J connectivity index is 1.41. The van der Waals surface area contributed by atoms with Crippen LogP contribution in [0.15, 0.2) is 30.3 Å². The van der Waals surface area contributed by atoms with Crippen molar-refractivity contribution in [1.82, 2.24) is 40.4 Å². The zero-order valence-corrected chi connectivity index (χ0v) is 39.0. The molecule has 3 fully saturated rings. The highest BCUT2D eigenvalue weighted by Crippen LogP contribution is 2.19. The molecule has 1 aromatic carbocycles. The van der Waals surface area contributed by atoms with Crippen molar-refractivity contribution in [1.29, 1.82) is 0 Å². The number of nitrogens with one attached hydrogen (secondary N) is 3. The molecule has 3 heterocycles. The third kappa shape index (κ3) is 18.6. The van der Waals surface area contributed by atoms with E-state index in [4.69, 9.17) is 14.2 Å². The molecule has 3 aliphatic heterocycles. The highest BCUT2D eigenvalue weighted by molar-refractivity contribution is 5.90. The Morgan fingerprint density at radius 3 is 1.14 bits per heavy atom. The molecule has 352 valence electrons. The van der Waals surface area contributed by atoms with Crippen molar-refractivity contribution in [2.45, 2.75) is 142 Å². The molecule has 0 spiro atoms. The summed E-state index contributed by atoms with van der Waals surface area (Å²) in [6, 6.07) is 8.69. The minimum absolute atomic E-state index is 0.133. The fraction of sp³-hybridized carbons (Fsp3) is 0.711. The Morgan fingerprint density at radius 1 is 0.508 bits per heavy atom. The van der Waals surface area contributed by atoms with E-state index in [1.54, 1.807) is 61.1 Å². The zero-order valence-electron chi connectivity index (χ0n) is 39.0. The van der Waals surface area contributed by atoms with Gasteiger partial charge in [-0.05, 0) is 106 Å². The summed E-state index contributed by atoms with van der Waals surface area (Å²) in [5.41, 5.74) is -1.02. The van der Waals surface area contributed by atoms with E-state index in [1.165, 1.54) is 4.90 Å². The third-order valence-corrected chi connectivity index (χ3v) is 10.5. The molecule has 0 radical (unpaired) electrons. The Hall–Kier alpha value is -5.13. The van der Waals surface area contributed by atoms with E-state index in [2.05, 4.69) is 16.0 Å². The number of carbonyl (C=O) groups excluding carboxylic acids is 7. The highest BCUT2D eigenvalue weighted by Gasteiger charge is 2.32. The summed E-state index contributed by atoms with van der Waals surface area (Å²) in [5.74, 6) is -1.73. The summed E-state index contributed by atoms with van der Waals surface area (Å²) in [6.45, 7) is 17.7. The van der Waals surface area contributed by atoms with Crippen molar-refractivity contribution in [2.24, 2.45) is 0 Å². The average molecular weight is 885 g/mol. The maximum atomic E-state index is 14.3.